The zero-order valence-electron chi connectivity index (χ0n) is 11.2. The van der Waals surface area contributed by atoms with E-state index >= 15 is 0 Å². The fourth-order valence-corrected chi connectivity index (χ4v) is 2.02. The Balaban J connectivity index is 1.92. The largest absolute Gasteiger partial charge is 0.444 e. The predicted molar refractivity (Wildman–Crippen MR) is 74.9 cm³/mol. The highest BCUT2D eigenvalue weighted by molar-refractivity contribution is 5.72. The Kier molecular flexibility index (Phi) is 3.20. The van der Waals surface area contributed by atoms with Crippen molar-refractivity contribution in [2.45, 2.75) is 19.9 Å². The molecule has 3 aromatic rings. The molecule has 6 nitrogen and oxygen atoms in total. The van der Waals surface area contributed by atoms with Crippen LogP contribution in [0, 0.1) is 0 Å². The Morgan fingerprint density at radius 1 is 1.25 bits per heavy atom. The predicted octanol–water partition coefficient (Wildman–Crippen LogP) is 2.13. The first-order valence-electron chi connectivity index (χ1n) is 6.41. The Morgan fingerprint density at radius 3 is 2.90 bits per heavy atom. The number of nitrogens with two attached hydrogens (primary N) is 1. The third-order valence-corrected chi connectivity index (χ3v) is 3.10. The second-order valence-electron chi connectivity index (χ2n) is 4.44. The van der Waals surface area contributed by atoms with Crippen molar-refractivity contribution in [1.29, 1.82) is 0 Å². The lowest BCUT2D eigenvalue weighted by molar-refractivity contribution is 0.447. The average molecular weight is 269 g/mol. The Hall–Kier alpha value is -2.63. The molecule has 0 atom stereocenters. The average Bonchev–Trinajstić information content (AvgIpc) is 3.09. The summed E-state index contributed by atoms with van der Waals surface area (Å²) in [5, 5.41) is 0. The first-order valence-corrected chi connectivity index (χ1v) is 6.41. The van der Waals surface area contributed by atoms with E-state index in [1.54, 1.807) is 37.2 Å². The molecule has 3 rings (SSSR count). The molecule has 0 saturated carbocycles. The first-order chi connectivity index (χ1) is 9.78. The summed E-state index contributed by atoms with van der Waals surface area (Å²) in [6.45, 7) is 2.55. The van der Waals surface area contributed by atoms with Crippen molar-refractivity contribution >= 4 is 5.69 Å². The molecule has 0 bridgehead atoms. The van der Waals surface area contributed by atoms with E-state index in [4.69, 9.17) is 10.2 Å². The lowest BCUT2D eigenvalue weighted by Crippen LogP contribution is -2.02. The van der Waals surface area contributed by atoms with Gasteiger partial charge in [0.05, 0.1) is 24.4 Å². The van der Waals surface area contributed by atoms with Crippen molar-refractivity contribution < 1.29 is 4.42 Å². The molecule has 0 fully saturated rings. The molecule has 3 heterocycles. The maximum absolute atomic E-state index is 5.98. The molecule has 0 aliphatic carbocycles. The summed E-state index contributed by atoms with van der Waals surface area (Å²) < 4.78 is 7.56. The lowest BCUT2D eigenvalue weighted by atomic mass is 10.2. The highest BCUT2D eigenvalue weighted by atomic mass is 16.4. The summed E-state index contributed by atoms with van der Waals surface area (Å²) in [5.74, 6) is 1.53. The van der Waals surface area contributed by atoms with Gasteiger partial charge in [-0.25, -0.2) is 9.97 Å². The number of oxazole rings is 1. The smallest absolute Gasteiger partial charge is 0.214 e. The maximum atomic E-state index is 5.98. The number of nitrogens with zero attached hydrogens (tertiary/aromatic N) is 4. The second-order valence-corrected chi connectivity index (χ2v) is 4.44. The molecule has 0 spiro atoms. The molecule has 0 amide bonds. The number of nitrogen functional groups attached to an aromatic ring is 1. The number of imidazole rings is 1. The van der Waals surface area contributed by atoms with Crippen LogP contribution in [0.2, 0.25) is 0 Å². The highest BCUT2D eigenvalue weighted by Crippen LogP contribution is 2.24. The van der Waals surface area contributed by atoms with Gasteiger partial charge in [-0.2, -0.15) is 0 Å². The monoisotopic (exact) mass is 269 g/mol. The van der Waals surface area contributed by atoms with E-state index in [-0.39, 0.29) is 0 Å². The van der Waals surface area contributed by atoms with Gasteiger partial charge in [0.2, 0.25) is 5.89 Å². The Labute approximate surface area is 116 Å². The summed E-state index contributed by atoms with van der Waals surface area (Å²) >= 11 is 0. The van der Waals surface area contributed by atoms with E-state index in [0.29, 0.717) is 18.1 Å². The third kappa shape index (κ3) is 2.27. The third-order valence-electron chi connectivity index (χ3n) is 3.10. The molecule has 2 N–H and O–H groups in total. The molecule has 6 heteroatoms. The summed E-state index contributed by atoms with van der Waals surface area (Å²) in [5.41, 5.74) is 8.40. The Morgan fingerprint density at radius 2 is 2.15 bits per heavy atom. The van der Waals surface area contributed by atoms with Crippen LogP contribution in [0.15, 0.2) is 41.6 Å². The van der Waals surface area contributed by atoms with Gasteiger partial charge >= 0.3 is 0 Å². The number of hydrogen-bond donors (Lipinski definition) is 1. The molecule has 0 saturated heterocycles. The second kappa shape index (κ2) is 5.16. The number of aryl methyl sites for hydroxylation is 1. The van der Waals surface area contributed by atoms with E-state index in [2.05, 4.69) is 15.0 Å². The van der Waals surface area contributed by atoms with Crippen molar-refractivity contribution in [3.63, 3.8) is 0 Å². The number of hydrogen-bond acceptors (Lipinski definition) is 5. The molecule has 0 aliphatic heterocycles. The van der Waals surface area contributed by atoms with Gasteiger partial charge < -0.3 is 14.7 Å². The van der Waals surface area contributed by atoms with Crippen LogP contribution >= 0.6 is 0 Å². The maximum Gasteiger partial charge on any atom is 0.214 e. The molecule has 20 heavy (non-hydrogen) atoms. The quantitative estimate of drug-likeness (QED) is 0.784. The minimum atomic E-state index is 0.518. The minimum absolute atomic E-state index is 0.518. The number of rotatable bonds is 4. The van der Waals surface area contributed by atoms with Crippen LogP contribution in [-0.4, -0.2) is 19.5 Å². The fourth-order valence-electron chi connectivity index (χ4n) is 2.02. The van der Waals surface area contributed by atoms with Crippen molar-refractivity contribution in [3.8, 4) is 11.3 Å². The highest BCUT2D eigenvalue weighted by Gasteiger charge is 2.11. The summed E-state index contributed by atoms with van der Waals surface area (Å²) in [7, 11) is 0. The van der Waals surface area contributed by atoms with Crippen LogP contribution in [0.4, 0.5) is 5.69 Å². The summed E-state index contributed by atoms with van der Waals surface area (Å²) in [4.78, 5) is 12.5. The van der Waals surface area contributed by atoms with Crippen molar-refractivity contribution in [3.05, 3.63) is 48.8 Å². The van der Waals surface area contributed by atoms with E-state index in [1.807, 2.05) is 11.5 Å². The molecular weight excluding hydrogens is 254 g/mol. The van der Waals surface area contributed by atoms with Gasteiger partial charge in [0.1, 0.15) is 12.3 Å². The van der Waals surface area contributed by atoms with Crippen LogP contribution in [-0.2, 0) is 13.0 Å². The molecule has 0 radical (unpaired) electrons. The Bertz CT molecular complexity index is 716. The van der Waals surface area contributed by atoms with Crippen LogP contribution in [0.3, 0.4) is 0 Å². The molecular formula is C14H15N5O. The zero-order valence-corrected chi connectivity index (χ0v) is 11.2. The molecule has 0 aromatic carbocycles. The van der Waals surface area contributed by atoms with Crippen molar-refractivity contribution in [1.82, 2.24) is 19.5 Å². The fraction of sp³-hybridized carbons (Fsp3) is 0.214. The van der Waals surface area contributed by atoms with Crippen LogP contribution in [0.1, 0.15) is 18.6 Å². The van der Waals surface area contributed by atoms with Crippen molar-refractivity contribution in [2.75, 3.05) is 5.73 Å². The summed E-state index contributed by atoms with van der Waals surface area (Å²) in [6, 6.07) is 1.77. The zero-order chi connectivity index (χ0) is 13.9. The topological polar surface area (TPSA) is 82.8 Å². The van der Waals surface area contributed by atoms with E-state index in [1.165, 1.54) is 0 Å². The van der Waals surface area contributed by atoms with E-state index < -0.39 is 0 Å². The molecule has 0 unspecified atom stereocenters. The van der Waals surface area contributed by atoms with Gasteiger partial charge in [-0.3, -0.25) is 4.98 Å². The standard InChI is InChI=1S/C14H15N5O/c1-2-10-5-18-14(20-10)8-19-9-17-7-13(19)11-6-16-4-3-12(11)15/h3-7,9H,2,8H2,1H3,(H2,15,16). The van der Waals surface area contributed by atoms with Gasteiger partial charge in [-0.15, -0.1) is 0 Å². The first kappa shape index (κ1) is 12.4. The van der Waals surface area contributed by atoms with Gasteiger partial charge in [0.25, 0.3) is 0 Å². The SMILES string of the molecule is CCc1cnc(Cn2cncc2-c2cnccc2N)o1. The minimum Gasteiger partial charge on any atom is -0.444 e. The van der Waals surface area contributed by atoms with Crippen LogP contribution in [0.25, 0.3) is 11.3 Å². The number of aromatic nitrogens is 4. The molecule has 102 valence electrons. The van der Waals surface area contributed by atoms with Gasteiger partial charge in [0, 0.05) is 30.1 Å². The van der Waals surface area contributed by atoms with Gasteiger partial charge in [-0.1, -0.05) is 6.92 Å². The van der Waals surface area contributed by atoms with Gasteiger partial charge in [0.15, 0.2) is 0 Å². The van der Waals surface area contributed by atoms with E-state index in [0.717, 1.165) is 23.4 Å². The van der Waals surface area contributed by atoms with Crippen molar-refractivity contribution in [2.24, 2.45) is 0 Å². The normalized spacial score (nSPS) is 10.8. The number of pyridine rings is 1. The van der Waals surface area contributed by atoms with Crippen LogP contribution in [0.5, 0.6) is 0 Å². The van der Waals surface area contributed by atoms with Gasteiger partial charge in [-0.05, 0) is 6.07 Å². The molecule has 0 aliphatic rings. The number of anilines is 1. The summed E-state index contributed by atoms with van der Waals surface area (Å²) in [6.07, 6.45) is 9.48. The lowest BCUT2D eigenvalue weighted by Gasteiger charge is -2.07. The van der Waals surface area contributed by atoms with E-state index in [9.17, 15) is 0 Å². The van der Waals surface area contributed by atoms with Crippen LogP contribution < -0.4 is 5.73 Å². The molecule has 3 aromatic heterocycles.